The van der Waals surface area contributed by atoms with Crippen molar-refractivity contribution in [1.29, 1.82) is 0 Å². The molecule has 2 aromatic rings. The maximum Gasteiger partial charge on any atom is 0.231 e. The predicted molar refractivity (Wildman–Crippen MR) is 110 cm³/mol. The summed E-state index contributed by atoms with van der Waals surface area (Å²) < 4.78 is 21.6. The van der Waals surface area contributed by atoms with Crippen LogP contribution in [0.25, 0.3) is 0 Å². The fraction of sp³-hybridized carbons (Fsp3) is 0.429. The first-order valence-electron chi connectivity index (χ1n) is 9.04. The summed E-state index contributed by atoms with van der Waals surface area (Å²) in [6.45, 7) is 5.01. The minimum absolute atomic E-state index is 0. The summed E-state index contributed by atoms with van der Waals surface area (Å²) in [5.41, 5.74) is 1.04. The summed E-state index contributed by atoms with van der Waals surface area (Å²) in [5.74, 6) is 2.69. The van der Waals surface area contributed by atoms with Crippen molar-refractivity contribution in [3.05, 3.63) is 48.0 Å². The molecule has 154 valence electrons. The van der Waals surface area contributed by atoms with E-state index in [-0.39, 0.29) is 31.3 Å². The Morgan fingerprint density at radius 2 is 1.89 bits per heavy atom. The lowest BCUT2D eigenvalue weighted by Gasteiger charge is -2.28. The number of nitrogens with one attached hydrogen (secondary N) is 1. The Morgan fingerprint density at radius 1 is 1.14 bits per heavy atom. The molecule has 7 heteroatoms. The van der Waals surface area contributed by atoms with Crippen LogP contribution in [-0.4, -0.2) is 43.8 Å². The highest BCUT2D eigenvalue weighted by Crippen LogP contribution is 2.40. The number of ether oxygens (including phenoxy) is 4. The maximum absolute atomic E-state index is 10.3. The number of β-amino-alcohol motifs (C(OH)–C–C–N with tert-alkyl or cyclic N) is 1. The van der Waals surface area contributed by atoms with Gasteiger partial charge in [-0.15, -0.1) is 12.4 Å². The number of hydrogen-bond acceptors (Lipinski definition) is 6. The van der Waals surface area contributed by atoms with Gasteiger partial charge in [-0.2, -0.15) is 0 Å². The van der Waals surface area contributed by atoms with Crippen molar-refractivity contribution in [3.63, 3.8) is 0 Å². The van der Waals surface area contributed by atoms with E-state index in [1.54, 1.807) is 13.2 Å². The maximum atomic E-state index is 10.3. The van der Waals surface area contributed by atoms with E-state index in [1.165, 1.54) is 5.56 Å². The molecule has 3 rings (SSSR count). The number of para-hydroxylation sites is 1. The normalized spacial score (nSPS) is 13.6. The zero-order valence-electron chi connectivity index (χ0n) is 16.4. The van der Waals surface area contributed by atoms with Gasteiger partial charge in [-0.25, -0.2) is 0 Å². The van der Waals surface area contributed by atoms with Gasteiger partial charge >= 0.3 is 0 Å². The Morgan fingerprint density at radius 3 is 2.61 bits per heavy atom. The first kappa shape index (κ1) is 22.1. The van der Waals surface area contributed by atoms with Gasteiger partial charge in [-0.05, 0) is 50.1 Å². The Bertz CT molecular complexity index is 751. The number of halogens is 1. The quantitative estimate of drug-likeness (QED) is 0.662. The van der Waals surface area contributed by atoms with Gasteiger partial charge in [0.05, 0.1) is 7.11 Å². The molecule has 28 heavy (non-hydrogen) atoms. The number of methoxy groups -OCH3 is 1. The van der Waals surface area contributed by atoms with Crippen LogP contribution in [0.3, 0.4) is 0 Å². The van der Waals surface area contributed by atoms with Gasteiger partial charge < -0.3 is 29.4 Å². The van der Waals surface area contributed by atoms with Gasteiger partial charge in [-0.3, -0.25) is 0 Å². The lowest BCUT2D eigenvalue weighted by molar-refractivity contribution is 0.0963. The smallest absolute Gasteiger partial charge is 0.231 e. The number of rotatable bonds is 9. The molecule has 1 unspecified atom stereocenters. The average molecular weight is 410 g/mol. The fourth-order valence-corrected chi connectivity index (χ4v) is 2.97. The summed E-state index contributed by atoms with van der Waals surface area (Å²) in [7, 11) is 1.66. The highest BCUT2D eigenvalue weighted by atomic mass is 35.5. The van der Waals surface area contributed by atoms with Crippen molar-refractivity contribution in [3.8, 4) is 23.0 Å². The zero-order valence-corrected chi connectivity index (χ0v) is 17.3. The van der Waals surface area contributed by atoms with Crippen LogP contribution in [0.15, 0.2) is 42.5 Å². The van der Waals surface area contributed by atoms with Gasteiger partial charge in [0.2, 0.25) is 12.5 Å². The van der Waals surface area contributed by atoms with E-state index < -0.39 is 6.10 Å². The third kappa shape index (κ3) is 5.92. The van der Waals surface area contributed by atoms with Crippen molar-refractivity contribution in [2.75, 3.05) is 27.1 Å². The Kier molecular flexibility index (Phi) is 7.80. The molecular formula is C21H28ClNO5. The average Bonchev–Trinajstić information content (AvgIpc) is 3.14. The van der Waals surface area contributed by atoms with Gasteiger partial charge in [-0.1, -0.05) is 18.2 Å². The molecule has 0 saturated heterocycles. The molecule has 0 fully saturated rings. The minimum atomic E-state index is -0.640. The van der Waals surface area contributed by atoms with Crippen molar-refractivity contribution >= 4 is 12.4 Å². The van der Waals surface area contributed by atoms with E-state index in [9.17, 15) is 5.11 Å². The van der Waals surface area contributed by atoms with Crippen LogP contribution in [-0.2, 0) is 6.42 Å². The molecule has 0 spiro atoms. The lowest BCUT2D eigenvalue weighted by Crippen LogP contribution is -2.46. The number of aliphatic hydroxyl groups excluding tert-OH is 1. The molecule has 0 aliphatic carbocycles. The summed E-state index contributed by atoms with van der Waals surface area (Å²) >= 11 is 0. The van der Waals surface area contributed by atoms with Crippen molar-refractivity contribution in [2.24, 2.45) is 0 Å². The molecule has 1 aliphatic rings. The lowest BCUT2D eigenvalue weighted by atomic mass is 9.94. The van der Waals surface area contributed by atoms with Gasteiger partial charge in [0.25, 0.3) is 0 Å². The molecule has 0 amide bonds. The first-order valence-corrected chi connectivity index (χ1v) is 9.04. The molecule has 2 aromatic carbocycles. The zero-order chi connectivity index (χ0) is 19.3. The third-order valence-electron chi connectivity index (χ3n) is 4.41. The van der Waals surface area contributed by atoms with E-state index in [2.05, 4.69) is 31.3 Å². The second kappa shape index (κ2) is 9.87. The minimum Gasteiger partial charge on any atom is -0.497 e. The van der Waals surface area contributed by atoms with Crippen LogP contribution in [0.4, 0.5) is 0 Å². The van der Waals surface area contributed by atoms with E-state index in [1.807, 2.05) is 24.3 Å². The second-order valence-corrected chi connectivity index (χ2v) is 7.24. The Hall–Kier alpha value is -2.15. The highest BCUT2D eigenvalue weighted by Gasteiger charge is 2.21. The molecule has 0 bridgehead atoms. The van der Waals surface area contributed by atoms with Gasteiger partial charge in [0.1, 0.15) is 18.5 Å². The monoisotopic (exact) mass is 409 g/mol. The Labute approximate surface area is 172 Å². The van der Waals surface area contributed by atoms with Crippen LogP contribution < -0.4 is 24.3 Å². The van der Waals surface area contributed by atoms with Crippen molar-refractivity contribution in [1.82, 2.24) is 5.32 Å². The van der Waals surface area contributed by atoms with E-state index >= 15 is 0 Å². The molecule has 2 N–H and O–H groups in total. The molecule has 1 atom stereocenters. The van der Waals surface area contributed by atoms with E-state index in [0.29, 0.717) is 23.8 Å². The van der Waals surface area contributed by atoms with Crippen LogP contribution in [0.5, 0.6) is 23.0 Å². The largest absolute Gasteiger partial charge is 0.497 e. The van der Waals surface area contributed by atoms with Gasteiger partial charge in [0, 0.05) is 12.1 Å². The molecule has 6 nitrogen and oxygen atoms in total. The van der Waals surface area contributed by atoms with Gasteiger partial charge in [0.15, 0.2) is 11.5 Å². The summed E-state index contributed by atoms with van der Waals surface area (Å²) in [6.07, 6.45) is 0.195. The number of benzene rings is 2. The van der Waals surface area contributed by atoms with Crippen LogP contribution >= 0.6 is 12.4 Å². The molecule has 1 aliphatic heterocycles. The highest BCUT2D eigenvalue weighted by molar-refractivity contribution is 5.85. The summed E-state index contributed by atoms with van der Waals surface area (Å²) in [4.78, 5) is 0. The SMILES string of the molecule is COc1ccc(CC(C)(C)NCC(O)COc2cccc3c2OCO3)cc1.Cl. The molecule has 0 aromatic heterocycles. The fourth-order valence-electron chi connectivity index (χ4n) is 2.97. The molecule has 0 radical (unpaired) electrons. The topological polar surface area (TPSA) is 69.2 Å². The third-order valence-corrected chi connectivity index (χ3v) is 4.41. The number of fused-ring (bicyclic) bond motifs is 1. The van der Waals surface area contributed by atoms with Crippen LogP contribution in [0.1, 0.15) is 19.4 Å². The first-order chi connectivity index (χ1) is 13.0. The summed E-state index contributed by atoms with van der Waals surface area (Å²) in [6, 6.07) is 13.5. The van der Waals surface area contributed by atoms with Crippen LogP contribution in [0, 0.1) is 0 Å². The van der Waals surface area contributed by atoms with Crippen molar-refractivity contribution < 1.29 is 24.1 Å². The summed E-state index contributed by atoms with van der Waals surface area (Å²) in [5, 5.41) is 13.7. The Balaban J connectivity index is 0.00000280. The molecular weight excluding hydrogens is 382 g/mol. The van der Waals surface area contributed by atoms with Crippen LogP contribution in [0.2, 0.25) is 0 Å². The van der Waals surface area contributed by atoms with E-state index in [4.69, 9.17) is 18.9 Å². The number of aliphatic hydroxyl groups is 1. The molecule has 0 saturated carbocycles. The predicted octanol–water partition coefficient (Wildman–Crippen LogP) is 3.20. The second-order valence-electron chi connectivity index (χ2n) is 7.24. The van der Waals surface area contributed by atoms with Crippen molar-refractivity contribution in [2.45, 2.75) is 31.9 Å². The molecule has 1 heterocycles. The van der Waals surface area contributed by atoms with E-state index in [0.717, 1.165) is 12.2 Å². The number of hydrogen-bond donors (Lipinski definition) is 2. The standard InChI is InChI=1S/C21H27NO5.ClH/c1-21(2,11-15-7-9-17(24-3)10-8-15)22-12-16(23)13-25-18-5-4-6-19-20(18)27-14-26-19;/h4-10,16,22-23H,11-14H2,1-3H3;1H.